The molecule has 2 aromatic carbocycles. The molecule has 2 aromatic rings. The van der Waals surface area contributed by atoms with Crippen LogP contribution in [-0.2, 0) is 0 Å². The van der Waals surface area contributed by atoms with Crippen molar-refractivity contribution < 1.29 is 14.1 Å². The Bertz CT molecular complexity index is 734. The van der Waals surface area contributed by atoms with Gasteiger partial charge >= 0.3 is 0 Å². The molecule has 1 amide bonds. The first-order valence-electron chi connectivity index (χ1n) is 5.90. The van der Waals surface area contributed by atoms with Crippen LogP contribution in [0.3, 0.4) is 0 Å². The predicted octanol–water partition coefficient (Wildman–Crippen LogP) is 3.95. The Morgan fingerprint density at radius 1 is 1.29 bits per heavy atom. The van der Waals surface area contributed by atoms with Gasteiger partial charge < -0.3 is 5.32 Å². The quantitative estimate of drug-likeness (QED) is 0.689. The Hall–Kier alpha value is -2.47. The average Bonchev–Trinajstić information content (AvgIpc) is 2.42. The first-order chi connectivity index (χ1) is 9.88. The normalized spacial score (nSPS) is 10.2. The molecule has 0 aliphatic rings. The molecule has 0 unspecified atom stereocenters. The Morgan fingerprint density at radius 2 is 2.00 bits per heavy atom. The summed E-state index contributed by atoms with van der Waals surface area (Å²) in [6, 6.07) is 7.53. The number of nitrogens with one attached hydrogen (secondary N) is 1. The van der Waals surface area contributed by atoms with Crippen LogP contribution < -0.4 is 5.32 Å². The lowest BCUT2D eigenvalue weighted by Gasteiger charge is -2.09. The summed E-state index contributed by atoms with van der Waals surface area (Å²) in [5, 5.41) is 13.1. The highest BCUT2D eigenvalue weighted by molar-refractivity contribution is 6.34. The third kappa shape index (κ3) is 3.35. The molecule has 1 N–H and O–H groups in total. The van der Waals surface area contributed by atoms with Crippen molar-refractivity contribution in [1.29, 1.82) is 0 Å². The van der Waals surface area contributed by atoms with Gasteiger partial charge in [-0.1, -0.05) is 17.7 Å². The number of rotatable bonds is 3. The lowest BCUT2D eigenvalue weighted by atomic mass is 10.1. The van der Waals surface area contributed by atoms with Gasteiger partial charge in [0.25, 0.3) is 11.6 Å². The minimum absolute atomic E-state index is 0.0456. The van der Waals surface area contributed by atoms with Gasteiger partial charge in [-0.05, 0) is 30.7 Å². The van der Waals surface area contributed by atoms with Crippen LogP contribution in [0.4, 0.5) is 15.8 Å². The third-order valence-electron chi connectivity index (χ3n) is 2.86. The number of hydrogen-bond acceptors (Lipinski definition) is 3. The maximum atomic E-state index is 13.2. The molecule has 2 rings (SSSR count). The van der Waals surface area contributed by atoms with Crippen molar-refractivity contribution in [2.24, 2.45) is 0 Å². The monoisotopic (exact) mass is 308 g/mol. The van der Waals surface area contributed by atoms with E-state index < -0.39 is 16.6 Å². The van der Waals surface area contributed by atoms with Crippen molar-refractivity contribution in [3.8, 4) is 0 Å². The Balaban J connectivity index is 2.28. The average molecular weight is 309 g/mol. The molecule has 0 spiro atoms. The SMILES string of the molecule is Cc1ccc(F)cc1NC(=O)c1ccc([N+](=O)[O-])cc1Cl. The molecule has 0 fully saturated rings. The molecule has 0 heterocycles. The van der Waals surface area contributed by atoms with Crippen LogP contribution in [0, 0.1) is 22.9 Å². The molecule has 0 bridgehead atoms. The van der Waals surface area contributed by atoms with Crippen molar-refractivity contribution in [2.75, 3.05) is 5.32 Å². The fourth-order valence-electron chi connectivity index (χ4n) is 1.72. The number of non-ortho nitro benzene ring substituents is 1. The van der Waals surface area contributed by atoms with Crippen LogP contribution in [0.15, 0.2) is 36.4 Å². The maximum absolute atomic E-state index is 13.2. The van der Waals surface area contributed by atoms with E-state index in [1.54, 1.807) is 6.92 Å². The lowest BCUT2D eigenvalue weighted by Crippen LogP contribution is -2.13. The van der Waals surface area contributed by atoms with Crippen molar-refractivity contribution in [3.63, 3.8) is 0 Å². The van der Waals surface area contributed by atoms with Crippen LogP contribution in [0.25, 0.3) is 0 Å². The molecule has 0 aliphatic heterocycles. The summed E-state index contributed by atoms with van der Waals surface area (Å²) in [7, 11) is 0. The van der Waals surface area contributed by atoms with E-state index in [1.807, 2.05) is 0 Å². The largest absolute Gasteiger partial charge is 0.322 e. The predicted molar refractivity (Wildman–Crippen MR) is 77.2 cm³/mol. The van der Waals surface area contributed by atoms with Gasteiger partial charge in [0.05, 0.1) is 15.5 Å². The molecule has 108 valence electrons. The van der Waals surface area contributed by atoms with Gasteiger partial charge in [-0.15, -0.1) is 0 Å². The van der Waals surface area contributed by atoms with Gasteiger partial charge in [-0.3, -0.25) is 14.9 Å². The summed E-state index contributed by atoms with van der Waals surface area (Å²) in [6.45, 7) is 1.71. The fraction of sp³-hybridized carbons (Fsp3) is 0.0714. The van der Waals surface area contributed by atoms with Crippen LogP contribution >= 0.6 is 11.6 Å². The number of nitrogens with zero attached hydrogens (tertiary/aromatic N) is 1. The van der Waals surface area contributed by atoms with Gasteiger partial charge in [-0.2, -0.15) is 0 Å². The maximum Gasteiger partial charge on any atom is 0.270 e. The second kappa shape index (κ2) is 5.88. The highest BCUT2D eigenvalue weighted by atomic mass is 35.5. The number of hydrogen-bond donors (Lipinski definition) is 1. The number of nitro benzene ring substituents is 1. The zero-order chi connectivity index (χ0) is 15.6. The lowest BCUT2D eigenvalue weighted by molar-refractivity contribution is -0.384. The number of anilines is 1. The summed E-state index contributed by atoms with van der Waals surface area (Å²) in [4.78, 5) is 22.1. The number of aryl methyl sites for hydroxylation is 1. The van der Waals surface area contributed by atoms with Crippen molar-refractivity contribution in [3.05, 3.63) is 68.5 Å². The summed E-state index contributed by atoms with van der Waals surface area (Å²) in [6.07, 6.45) is 0. The van der Waals surface area contributed by atoms with Gasteiger partial charge in [0, 0.05) is 17.8 Å². The van der Waals surface area contributed by atoms with Gasteiger partial charge in [-0.25, -0.2) is 4.39 Å². The van der Waals surface area contributed by atoms with E-state index in [0.29, 0.717) is 11.3 Å². The van der Waals surface area contributed by atoms with E-state index >= 15 is 0 Å². The summed E-state index contributed by atoms with van der Waals surface area (Å²) < 4.78 is 13.2. The smallest absolute Gasteiger partial charge is 0.270 e. The summed E-state index contributed by atoms with van der Waals surface area (Å²) >= 11 is 5.87. The van der Waals surface area contributed by atoms with Gasteiger partial charge in [0.1, 0.15) is 5.82 Å². The number of amides is 1. The molecule has 0 atom stereocenters. The Kier molecular flexibility index (Phi) is 4.18. The van der Waals surface area contributed by atoms with E-state index in [9.17, 15) is 19.3 Å². The first kappa shape index (κ1) is 14.9. The molecule has 0 saturated carbocycles. The fourth-order valence-corrected chi connectivity index (χ4v) is 1.98. The molecule has 0 aliphatic carbocycles. The third-order valence-corrected chi connectivity index (χ3v) is 3.17. The molecule has 5 nitrogen and oxygen atoms in total. The summed E-state index contributed by atoms with van der Waals surface area (Å²) in [5.41, 5.74) is 0.863. The molecule has 0 aromatic heterocycles. The minimum Gasteiger partial charge on any atom is -0.322 e. The second-order valence-electron chi connectivity index (χ2n) is 4.33. The van der Waals surface area contributed by atoms with Crippen molar-refractivity contribution in [2.45, 2.75) is 6.92 Å². The summed E-state index contributed by atoms with van der Waals surface area (Å²) in [5.74, 6) is -1.05. The van der Waals surface area contributed by atoms with E-state index in [0.717, 1.165) is 6.07 Å². The van der Waals surface area contributed by atoms with Crippen LogP contribution in [-0.4, -0.2) is 10.8 Å². The Labute approximate surface area is 124 Å². The minimum atomic E-state index is -0.607. The van der Waals surface area contributed by atoms with E-state index in [4.69, 9.17) is 11.6 Å². The molecule has 0 saturated heterocycles. The van der Waals surface area contributed by atoms with Crippen LogP contribution in [0.2, 0.25) is 5.02 Å². The molecule has 7 heteroatoms. The number of benzene rings is 2. The van der Waals surface area contributed by atoms with E-state index in [-0.39, 0.29) is 16.3 Å². The van der Waals surface area contributed by atoms with Crippen molar-refractivity contribution >= 4 is 28.9 Å². The first-order valence-corrected chi connectivity index (χ1v) is 6.27. The standard InChI is InChI=1S/C14H10ClFN2O3/c1-8-2-3-9(16)6-13(8)17-14(19)11-5-4-10(18(20)21)7-12(11)15/h2-7H,1H3,(H,17,19). The molecular weight excluding hydrogens is 299 g/mol. The van der Waals surface area contributed by atoms with E-state index in [1.165, 1.54) is 30.3 Å². The molecular formula is C14H10ClFN2O3. The van der Waals surface area contributed by atoms with E-state index in [2.05, 4.69) is 5.32 Å². The highest BCUT2D eigenvalue weighted by Crippen LogP contribution is 2.24. The zero-order valence-corrected chi connectivity index (χ0v) is 11.6. The topological polar surface area (TPSA) is 72.2 Å². The van der Waals surface area contributed by atoms with Crippen molar-refractivity contribution in [1.82, 2.24) is 0 Å². The zero-order valence-electron chi connectivity index (χ0n) is 10.9. The number of carbonyl (C=O) groups excluding carboxylic acids is 1. The van der Waals surface area contributed by atoms with Gasteiger partial charge in [0.2, 0.25) is 0 Å². The van der Waals surface area contributed by atoms with Gasteiger partial charge in [0.15, 0.2) is 0 Å². The number of halogens is 2. The second-order valence-corrected chi connectivity index (χ2v) is 4.74. The van der Waals surface area contributed by atoms with Crippen LogP contribution in [0.5, 0.6) is 0 Å². The highest BCUT2D eigenvalue weighted by Gasteiger charge is 2.15. The number of nitro groups is 1. The Morgan fingerprint density at radius 3 is 2.62 bits per heavy atom. The molecule has 0 radical (unpaired) electrons. The van der Waals surface area contributed by atoms with Crippen LogP contribution in [0.1, 0.15) is 15.9 Å². The molecule has 21 heavy (non-hydrogen) atoms. The number of carbonyl (C=O) groups is 1.